The van der Waals surface area contributed by atoms with E-state index in [4.69, 9.17) is 10.5 Å². The van der Waals surface area contributed by atoms with Crippen molar-refractivity contribution in [3.8, 4) is 0 Å². The van der Waals surface area contributed by atoms with Crippen LogP contribution in [0.2, 0.25) is 0 Å². The minimum absolute atomic E-state index is 0.262. The van der Waals surface area contributed by atoms with Crippen LogP contribution in [0.15, 0.2) is 0 Å². The second-order valence-electron chi connectivity index (χ2n) is 5.04. The molecule has 0 aliphatic heterocycles. The number of ether oxygens (including phenoxy) is 1. The van der Waals surface area contributed by atoms with Gasteiger partial charge < -0.3 is 10.5 Å². The zero-order chi connectivity index (χ0) is 12.0. The molecule has 5 heteroatoms. The highest BCUT2D eigenvalue weighted by Crippen LogP contribution is 2.52. The summed E-state index contributed by atoms with van der Waals surface area (Å²) < 4.78 is 4.75. The first-order chi connectivity index (χ1) is 8.19. The van der Waals surface area contributed by atoms with E-state index in [1.807, 2.05) is 0 Å². The van der Waals surface area contributed by atoms with Gasteiger partial charge in [-0.3, -0.25) is 9.89 Å². The number of aromatic amines is 1. The highest BCUT2D eigenvalue weighted by molar-refractivity contribution is 5.78. The maximum Gasteiger partial charge on any atom is 0.323 e. The van der Waals surface area contributed by atoms with Crippen LogP contribution >= 0.6 is 0 Å². The van der Waals surface area contributed by atoms with Crippen LogP contribution in [-0.2, 0) is 27.8 Å². The highest BCUT2D eigenvalue weighted by Gasteiger charge is 2.55. The molecule has 1 atom stereocenters. The molecule has 2 aliphatic rings. The van der Waals surface area contributed by atoms with Crippen molar-refractivity contribution in [3.63, 3.8) is 0 Å². The van der Waals surface area contributed by atoms with Gasteiger partial charge in [0.05, 0.1) is 12.8 Å². The van der Waals surface area contributed by atoms with Crippen LogP contribution in [0.25, 0.3) is 0 Å². The largest absolute Gasteiger partial charge is 0.468 e. The van der Waals surface area contributed by atoms with E-state index in [-0.39, 0.29) is 11.4 Å². The van der Waals surface area contributed by atoms with Crippen LogP contribution in [0.4, 0.5) is 0 Å². The van der Waals surface area contributed by atoms with Gasteiger partial charge >= 0.3 is 5.97 Å². The number of aromatic nitrogens is 2. The summed E-state index contributed by atoms with van der Waals surface area (Å²) in [6, 6.07) is -0.583. The monoisotopic (exact) mass is 235 g/mol. The van der Waals surface area contributed by atoms with Gasteiger partial charge in [-0.05, 0) is 37.7 Å². The van der Waals surface area contributed by atoms with Gasteiger partial charge in [-0.15, -0.1) is 0 Å². The van der Waals surface area contributed by atoms with Gasteiger partial charge in [0.1, 0.15) is 6.04 Å². The summed E-state index contributed by atoms with van der Waals surface area (Å²) >= 11 is 0. The number of methoxy groups -OCH3 is 1. The number of nitrogens with two attached hydrogens (primary N) is 1. The molecule has 92 valence electrons. The summed E-state index contributed by atoms with van der Waals surface area (Å²) in [5.41, 5.74) is 9.30. The number of rotatable bonds is 3. The topological polar surface area (TPSA) is 81.0 Å². The fourth-order valence-electron chi connectivity index (χ4n) is 2.91. The van der Waals surface area contributed by atoms with E-state index in [0.29, 0.717) is 0 Å². The maximum absolute atomic E-state index is 11.6. The lowest BCUT2D eigenvalue weighted by Crippen LogP contribution is -2.43. The molecule has 0 amide bonds. The van der Waals surface area contributed by atoms with E-state index in [9.17, 15) is 4.79 Å². The number of hydrogen-bond donors (Lipinski definition) is 2. The third-order valence-corrected chi connectivity index (χ3v) is 4.12. The standard InChI is InChI=1S/C12H17N3O2/c1-17-11(16)9(13)12(5-6-12)10-7-3-2-4-8(7)14-15-10/h9H,2-6,13H2,1H3,(H,14,15). The Labute approximate surface area is 99.7 Å². The molecule has 0 radical (unpaired) electrons. The lowest BCUT2D eigenvalue weighted by molar-refractivity contribution is -0.143. The second kappa shape index (κ2) is 3.57. The molecule has 1 aromatic rings. The van der Waals surface area contributed by atoms with E-state index < -0.39 is 6.04 Å². The number of carbonyl (C=O) groups excluding carboxylic acids is 1. The summed E-state index contributed by atoms with van der Waals surface area (Å²) in [5, 5.41) is 7.48. The summed E-state index contributed by atoms with van der Waals surface area (Å²) in [6.45, 7) is 0. The molecule has 3 N–H and O–H groups in total. The van der Waals surface area contributed by atoms with Crippen LogP contribution in [0.5, 0.6) is 0 Å². The maximum atomic E-state index is 11.6. The second-order valence-corrected chi connectivity index (χ2v) is 5.04. The summed E-state index contributed by atoms with van der Waals surface area (Å²) in [5.74, 6) is -0.336. The number of fused-ring (bicyclic) bond motifs is 1. The Balaban J connectivity index is 1.95. The number of esters is 1. The van der Waals surface area contributed by atoms with Crippen molar-refractivity contribution in [2.75, 3.05) is 7.11 Å². The van der Waals surface area contributed by atoms with E-state index in [1.54, 1.807) is 0 Å². The Morgan fingerprint density at radius 3 is 2.94 bits per heavy atom. The molecule has 1 heterocycles. The molecular weight excluding hydrogens is 218 g/mol. The molecule has 1 unspecified atom stereocenters. The lowest BCUT2D eigenvalue weighted by atomic mass is 9.90. The molecule has 1 fully saturated rings. The van der Waals surface area contributed by atoms with Gasteiger partial charge in [0.2, 0.25) is 0 Å². The Bertz CT molecular complexity index is 462. The Hall–Kier alpha value is -1.36. The molecular formula is C12H17N3O2. The van der Waals surface area contributed by atoms with Gasteiger partial charge in [0, 0.05) is 11.1 Å². The highest BCUT2D eigenvalue weighted by atomic mass is 16.5. The van der Waals surface area contributed by atoms with Gasteiger partial charge in [0.15, 0.2) is 0 Å². The number of aryl methyl sites for hydroxylation is 1. The fourth-order valence-corrected chi connectivity index (χ4v) is 2.91. The molecule has 1 saturated carbocycles. The van der Waals surface area contributed by atoms with Crippen molar-refractivity contribution < 1.29 is 9.53 Å². The molecule has 0 aromatic carbocycles. The molecule has 0 saturated heterocycles. The number of nitrogens with zero attached hydrogens (tertiary/aromatic N) is 1. The smallest absolute Gasteiger partial charge is 0.323 e. The number of H-pyrrole nitrogens is 1. The van der Waals surface area contributed by atoms with Gasteiger partial charge in [0.25, 0.3) is 0 Å². The predicted octanol–water partition coefficient (Wildman–Crippen LogP) is 0.430. The van der Waals surface area contributed by atoms with Gasteiger partial charge in [-0.25, -0.2) is 0 Å². The van der Waals surface area contributed by atoms with E-state index in [1.165, 1.54) is 24.8 Å². The molecule has 5 nitrogen and oxygen atoms in total. The average Bonchev–Trinajstić information content (AvgIpc) is 2.83. The molecule has 0 spiro atoms. The van der Waals surface area contributed by atoms with Crippen molar-refractivity contribution in [1.82, 2.24) is 10.2 Å². The van der Waals surface area contributed by atoms with Crippen LogP contribution in [0.1, 0.15) is 36.2 Å². The SMILES string of the molecule is COC(=O)C(N)C1(c2n[nH]c3c2CCC3)CC1. The summed E-state index contributed by atoms with van der Waals surface area (Å²) in [6.07, 6.45) is 5.14. The van der Waals surface area contributed by atoms with Crippen LogP contribution in [-0.4, -0.2) is 29.3 Å². The zero-order valence-corrected chi connectivity index (χ0v) is 9.95. The number of hydrogen-bond acceptors (Lipinski definition) is 4. The van der Waals surface area contributed by atoms with Crippen molar-refractivity contribution in [2.45, 2.75) is 43.6 Å². The van der Waals surface area contributed by atoms with Crippen molar-refractivity contribution >= 4 is 5.97 Å². The van der Waals surface area contributed by atoms with Crippen molar-refractivity contribution in [2.24, 2.45) is 5.73 Å². The van der Waals surface area contributed by atoms with Crippen molar-refractivity contribution in [1.29, 1.82) is 0 Å². The zero-order valence-electron chi connectivity index (χ0n) is 9.95. The quantitative estimate of drug-likeness (QED) is 0.744. The van der Waals surface area contributed by atoms with Crippen LogP contribution < -0.4 is 5.73 Å². The van der Waals surface area contributed by atoms with E-state index >= 15 is 0 Å². The molecule has 0 bridgehead atoms. The van der Waals surface area contributed by atoms with Gasteiger partial charge in [-0.2, -0.15) is 5.10 Å². The lowest BCUT2D eigenvalue weighted by Gasteiger charge is -2.20. The first-order valence-corrected chi connectivity index (χ1v) is 6.09. The number of carbonyl (C=O) groups is 1. The Kier molecular flexibility index (Phi) is 2.26. The minimum Gasteiger partial charge on any atom is -0.468 e. The summed E-state index contributed by atoms with van der Waals surface area (Å²) in [4.78, 5) is 11.6. The third kappa shape index (κ3) is 1.42. The number of nitrogens with one attached hydrogen (secondary N) is 1. The van der Waals surface area contributed by atoms with E-state index in [2.05, 4.69) is 10.2 Å². The van der Waals surface area contributed by atoms with Crippen LogP contribution in [0, 0.1) is 0 Å². The Morgan fingerprint density at radius 1 is 1.53 bits per heavy atom. The average molecular weight is 235 g/mol. The predicted molar refractivity (Wildman–Crippen MR) is 61.5 cm³/mol. The fraction of sp³-hybridized carbons (Fsp3) is 0.667. The Morgan fingerprint density at radius 2 is 2.29 bits per heavy atom. The molecule has 3 rings (SSSR count). The third-order valence-electron chi connectivity index (χ3n) is 4.12. The molecule has 1 aromatic heterocycles. The minimum atomic E-state index is -0.583. The first-order valence-electron chi connectivity index (χ1n) is 6.09. The first kappa shape index (κ1) is 10.8. The van der Waals surface area contributed by atoms with E-state index in [0.717, 1.165) is 31.4 Å². The van der Waals surface area contributed by atoms with Crippen molar-refractivity contribution in [3.05, 3.63) is 17.0 Å². The van der Waals surface area contributed by atoms with Crippen LogP contribution in [0.3, 0.4) is 0 Å². The normalized spacial score (nSPS) is 22.0. The molecule has 2 aliphatic carbocycles. The molecule has 17 heavy (non-hydrogen) atoms. The summed E-state index contributed by atoms with van der Waals surface area (Å²) in [7, 11) is 1.38. The van der Waals surface area contributed by atoms with Gasteiger partial charge in [-0.1, -0.05) is 0 Å².